The molecule has 180 valence electrons. The van der Waals surface area contributed by atoms with Crippen molar-refractivity contribution >= 4 is 58.7 Å². The quantitative estimate of drug-likeness (QED) is 0.214. The van der Waals surface area contributed by atoms with E-state index in [-0.39, 0.29) is 24.5 Å². The number of halogens is 2. The molecule has 11 nitrogen and oxygen atoms in total. The van der Waals surface area contributed by atoms with Gasteiger partial charge < -0.3 is 20.4 Å². The zero-order chi connectivity index (χ0) is 25.2. The molecule has 4 N–H and O–H groups in total. The SMILES string of the molecule is O=C(NCc1cccnc1)C(=O)N/N=C/c1ccc(CNC(=O)C(=O)Nc2cc(Cl)cc(Cl)c2)o1. The highest BCUT2D eigenvalue weighted by molar-refractivity contribution is 6.40. The Morgan fingerprint density at radius 1 is 0.914 bits per heavy atom. The Morgan fingerprint density at radius 3 is 2.34 bits per heavy atom. The normalized spacial score (nSPS) is 10.6. The van der Waals surface area contributed by atoms with Crippen LogP contribution in [0.25, 0.3) is 0 Å². The van der Waals surface area contributed by atoms with Gasteiger partial charge in [-0.3, -0.25) is 24.2 Å². The Labute approximate surface area is 208 Å². The third-order valence-corrected chi connectivity index (χ3v) is 4.61. The van der Waals surface area contributed by atoms with Crippen molar-refractivity contribution in [1.29, 1.82) is 0 Å². The number of amides is 4. The third-order valence-electron chi connectivity index (χ3n) is 4.17. The summed E-state index contributed by atoms with van der Waals surface area (Å²) in [6.07, 6.45) is 4.33. The molecule has 0 saturated heterocycles. The van der Waals surface area contributed by atoms with E-state index in [9.17, 15) is 19.2 Å². The molecule has 2 aromatic heterocycles. The second-order valence-electron chi connectivity index (χ2n) is 6.84. The zero-order valence-corrected chi connectivity index (χ0v) is 19.4. The zero-order valence-electron chi connectivity index (χ0n) is 17.9. The molecular formula is C22H18Cl2N6O5. The van der Waals surface area contributed by atoms with Gasteiger partial charge in [-0.2, -0.15) is 5.10 Å². The number of benzene rings is 1. The number of rotatable bonds is 7. The van der Waals surface area contributed by atoms with E-state index in [1.807, 2.05) is 0 Å². The van der Waals surface area contributed by atoms with Crippen LogP contribution < -0.4 is 21.4 Å². The van der Waals surface area contributed by atoms with E-state index < -0.39 is 23.6 Å². The molecule has 0 saturated carbocycles. The second-order valence-corrected chi connectivity index (χ2v) is 7.71. The molecule has 0 atom stereocenters. The molecule has 4 amide bonds. The minimum atomic E-state index is -0.962. The maximum atomic E-state index is 12.0. The topological polar surface area (TPSA) is 155 Å². The van der Waals surface area contributed by atoms with Gasteiger partial charge in [-0.15, -0.1) is 0 Å². The number of nitrogens with one attached hydrogen (secondary N) is 4. The molecule has 0 bridgehead atoms. The van der Waals surface area contributed by atoms with Crippen LogP contribution in [-0.2, 0) is 32.3 Å². The standard InChI is InChI=1S/C22H18Cl2N6O5/c23-14-6-15(24)8-16(7-14)29-21(33)19(31)27-11-17-3-4-18(35-17)12-28-30-22(34)20(32)26-10-13-2-1-5-25-9-13/h1-9,12H,10-11H2,(H,26,32)(H,27,31)(H,29,33)(H,30,34)/b28-12+. The van der Waals surface area contributed by atoms with E-state index in [0.717, 1.165) is 5.56 Å². The number of anilines is 1. The fraction of sp³-hybridized carbons (Fsp3) is 0.0909. The van der Waals surface area contributed by atoms with Crippen molar-refractivity contribution in [2.45, 2.75) is 13.1 Å². The molecule has 0 radical (unpaired) electrons. The molecule has 3 aromatic rings. The van der Waals surface area contributed by atoms with Gasteiger partial charge >= 0.3 is 23.6 Å². The highest BCUT2D eigenvalue weighted by atomic mass is 35.5. The lowest BCUT2D eigenvalue weighted by Gasteiger charge is -2.06. The van der Waals surface area contributed by atoms with E-state index in [0.29, 0.717) is 15.8 Å². The van der Waals surface area contributed by atoms with Crippen LogP contribution in [0.15, 0.2) is 64.4 Å². The molecular weight excluding hydrogens is 499 g/mol. The van der Waals surface area contributed by atoms with Gasteiger partial charge in [-0.25, -0.2) is 5.43 Å². The number of carbonyl (C=O) groups excluding carboxylic acids is 4. The van der Waals surface area contributed by atoms with Crippen LogP contribution in [0.1, 0.15) is 17.1 Å². The van der Waals surface area contributed by atoms with Crippen molar-refractivity contribution in [3.8, 4) is 0 Å². The first-order chi connectivity index (χ1) is 16.8. The summed E-state index contributed by atoms with van der Waals surface area (Å²) in [6.45, 7) is 0.0570. The summed E-state index contributed by atoms with van der Waals surface area (Å²) in [6, 6.07) is 10.9. The van der Waals surface area contributed by atoms with Gasteiger partial charge in [-0.1, -0.05) is 29.3 Å². The van der Waals surface area contributed by atoms with E-state index >= 15 is 0 Å². The maximum absolute atomic E-state index is 12.0. The van der Waals surface area contributed by atoms with Crippen LogP contribution in [-0.4, -0.2) is 34.8 Å². The lowest BCUT2D eigenvalue weighted by Crippen LogP contribution is -2.37. The van der Waals surface area contributed by atoms with Crippen molar-refractivity contribution in [2.75, 3.05) is 5.32 Å². The number of nitrogens with zero attached hydrogens (tertiary/aromatic N) is 2. The Bertz CT molecular complexity index is 1240. The first-order valence-corrected chi connectivity index (χ1v) is 10.7. The number of furan rings is 1. The number of pyridine rings is 1. The summed E-state index contributed by atoms with van der Waals surface area (Å²) < 4.78 is 5.42. The van der Waals surface area contributed by atoms with Gasteiger partial charge in [-0.05, 0) is 42.0 Å². The van der Waals surface area contributed by atoms with Crippen LogP contribution in [0.4, 0.5) is 5.69 Å². The van der Waals surface area contributed by atoms with Gasteiger partial charge in [0, 0.05) is 34.7 Å². The van der Waals surface area contributed by atoms with Crippen molar-refractivity contribution in [3.05, 3.63) is 82.0 Å². The molecule has 3 rings (SSSR count). The van der Waals surface area contributed by atoms with Crippen LogP contribution in [0.3, 0.4) is 0 Å². The van der Waals surface area contributed by atoms with Crippen molar-refractivity contribution in [2.24, 2.45) is 5.10 Å². The minimum Gasteiger partial charge on any atom is -0.458 e. The second kappa shape index (κ2) is 12.3. The molecule has 0 aliphatic heterocycles. The molecule has 0 aliphatic rings. The minimum absolute atomic E-state index is 0.0838. The van der Waals surface area contributed by atoms with E-state index in [2.05, 4.69) is 31.5 Å². The molecule has 0 fully saturated rings. The van der Waals surface area contributed by atoms with Gasteiger partial charge in [0.2, 0.25) is 0 Å². The van der Waals surface area contributed by atoms with Gasteiger partial charge in [0.05, 0.1) is 12.8 Å². The van der Waals surface area contributed by atoms with Crippen molar-refractivity contribution in [3.63, 3.8) is 0 Å². The largest absolute Gasteiger partial charge is 0.458 e. The predicted octanol–water partition coefficient (Wildman–Crippen LogP) is 2.00. The lowest BCUT2D eigenvalue weighted by atomic mass is 10.3. The van der Waals surface area contributed by atoms with E-state index in [4.69, 9.17) is 27.6 Å². The van der Waals surface area contributed by atoms with E-state index in [1.54, 1.807) is 30.6 Å². The Morgan fingerprint density at radius 2 is 1.63 bits per heavy atom. The molecule has 35 heavy (non-hydrogen) atoms. The molecule has 0 spiro atoms. The van der Waals surface area contributed by atoms with Crippen LogP contribution in [0.5, 0.6) is 0 Å². The Kier molecular flexibility index (Phi) is 8.93. The average molecular weight is 517 g/mol. The number of aromatic nitrogens is 1. The molecule has 0 aliphatic carbocycles. The number of carbonyl (C=O) groups is 4. The summed E-state index contributed by atoms with van der Waals surface area (Å²) in [5.41, 5.74) is 3.08. The van der Waals surface area contributed by atoms with Gasteiger partial charge in [0.25, 0.3) is 0 Å². The van der Waals surface area contributed by atoms with Gasteiger partial charge in [0.1, 0.15) is 11.5 Å². The fourth-order valence-electron chi connectivity index (χ4n) is 2.59. The third kappa shape index (κ3) is 8.25. The molecule has 2 heterocycles. The first kappa shape index (κ1) is 25.4. The van der Waals surface area contributed by atoms with Crippen LogP contribution >= 0.6 is 23.2 Å². The first-order valence-electron chi connectivity index (χ1n) is 9.94. The van der Waals surface area contributed by atoms with Crippen molar-refractivity contribution < 1.29 is 23.6 Å². The average Bonchev–Trinajstić information content (AvgIpc) is 3.28. The summed E-state index contributed by atoms with van der Waals surface area (Å²) in [4.78, 5) is 51.5. The predicted molar refractivity (Wildman–Crippen MR) is 127 cm³/mol. The maximum Gasteiger partial charge on any atom is 0.329 e. The van der Waals surface area contributed by atoms with E-state index in [1.165, 1.54) is 30.5 Å². The number of hydrogen-bond donors (Lipinski definition) is 4. The van der Waals surface area contributed by atoms with Crippen molar-refractivity contribution in [1.82, 2.24) is 21.0 Å². The number of hydrogen-bond acceptors (Lipinski definition) is 7. The van der Waals surface area contributed by atoms with Gasteiger partial charge in [0.15, 0.2) is 0 Å². The molecule has 1 aromatic carbocycles. The highest BCUT2D eigenvalue weighted by Gasteiger charge is 2.15. The van der Waals surface area contributed by atoms with Crippen LogP contribution in [0, 0.1) is 0 Å². The Hall–Kier alpha value is -4.22. The number of hydrazone groups is 1. The monoisotopic (exact) mass is 516 g/mol. The summed E-state index contributed by atoms with van der Waals surface area (Å²) in [5, 5.41) is 11.5. The smallest absolute Gasteiger partial charge is 0.329 e. The van der Waals surface area contributed by atoms with Crippen LogP contribution in [0.2, 0.25) is 10.0 Å². The molecule has 0 unspecified atom stereocenters. The highest BCUT2D eigenvalue weighted by Crippen LogP contribution is 2.22. The summed E-state index contributed by atoms with van der Waals surface area (Å²) >= 11 is 11.7. The fourth-order valence-corrected chi connectivity index (χ4v) is 3.12. The Balaban J connectivity index is 1.41. The lowest BCUT2D eigenvalue weighted by molar-refractivity contribution is -0.139. The summed E-state index contributed by atoms with van der Waals surface area (Å²) in [7, 11) is 0. The molecule has 13 heteroatoms. The summed E-state index contributed by atoms with van der Waals surface area (Å²) in [5.74, 6) is -3.09.